The van der Waals surface area contributed by atoms with Gasteiger partial charge < -0.3 is 15.7 Å². The molecule has 1 amide bonds. The summed E-state index contributed by atoms with van der Waals surface area (Å²) in [5.41, 5.74) is 0.567. The van der Waals surface area contributed by atoms with E-state index in [1.807, 2.05) is 0 Å². The lowest BCUT2D eigenvalue weighted by atomic mass is 9.83. The Kier molecular flexibility index (Phi) is 5.99. The van der Waals surface area contributed by atoms with Gasteiger partial charge in [0.25, 0.3) is 5.91 Å². The van der Waals surface area contributed by atoms with Crippen molar-refractivity contribution >= 4 is 11.7 Å². The number of nitrogens with one attached hydrogen (secondary N) is 2. The first-order valence-electron chi connectivity index (χ1n) is 7.81. The number of aliphatic hydroxyl groups excluding tert-OH is 1. The number of carbonyl (C=O) groups is 1. The Morgan fingerprint density at radius 1 is 1.43 bits per heavy atom. The van der Waals surface area contributed by atoms with E-state index in [0.717, 1.165) is 38.6 Å². The number of pyridine rings is 1. The molecular weight excluding hydrogens is 266 g/mol. The van der Waals surface area contributed by atoms with Gasteiger partial charge in [0.15, 0.2) is 0 Å². The number of hydrogen-bond donors (Lipinski definition) is 3. The summed E-state index contributed by atoms with van der Waals surface area (Å²) in [7, 11) is 1.61. The highest BCUT2D eigenvalue weighted by atomic mass is 16.3. The molecule has 1 aliphatic carbocycles. The number of rotatable bonds is 6. The number of hydrogen-bond acceptors (Lipinski definition) is 4. The standard InChI is InChI=1S/C16H25N3O2/c1-17-16(21)13-8-5-11-19-15(13)18-10-4-7-12-6-2-3-9-14(12)20/h5,8,11-12,14,20H,2-4,6-7,9-10H2,1H3,(H,17,21)(H,18,19). The normalized spacial score (nSPS) is 21.8. The lowest BCUT2D eigenvalue weighted by Gasteiger charge is -2.27. The van der Waals surface area contributed by atoms with Crippen LogP contribution >= 0.6 is 0 Å². The third kappa shape index (κ3) is 4.43. The Hall–Kier alpha value is -1.62. The zero-order valence-electron chi connectivity index (χ0n) is 12.6. The third-order valence-corrected chi connectivity index (χ3v) is 4.19. The van der Waals surface area contributed by atoms with Gasteiger partial charge in [-0.15, -0.1) is 0 Å². The van der Waals surface area contributed by atoms with Crippen LogP contribution in [0.5, 0.6) is 0 Å². The van der Waals surface area contributed by atoms with E-state index in [1.54, 1.807) is 25.4 Å². The second-order valence-corrected chi connectivity index (χ2v) is 5.66. The topological polar surface area (TPSA) is 74.2 Å². The van der Waals surface area contributed by atoms with Crippen LogP contribution in [0.4, 0.5) is 5.82 Å². The zero-order chi connectivity index (χ0) is 15.1. The monoisotopic (exact) mass is 291 g/mol. The van der Waals surface area contributed by atoms with Gasteiger partial charge in [0.2, 0.25) is 0 Å². The summed E-state index contributed by atoms with van der Waals surface area (Å²) in [6, 6.07) is 3.52. The van der Waals surface area contributed by atoms with Gasteiger partial charge in [-0.1, -0.05) is 12.8 Å². The second-order valence-electron chi connectivity index (χ2n) is 5.66. The summed E-state index contributed by atoms with van der Waals surface area (Å²) in [6.45, 7) is 0.768. The van der Waals surface area contributed by atoms with Crippen molar-refractivity contribution in [3.8, 4) is 0 Å². The van der Waals surface area contributed by atoms with Crippen LogP contribution in [0, 0.1) is 5.92 Å². The maximum Gasteiger partial charge on any atom is 0.254 e. The molecule has 0 aromatic carbocycles. The minimum absolute atomic E-state index is 0.130. The number of amides is 1. The van der Waals surface area contributed by atoms with E-state index in [0.29, 0.717) is 17.3 Å². The van der Waals surface area contributed by atoms with Crippen LogP contribution in [-0.2, 0) is 0 Å². The maximum atomic E-state index is 11.7. The van der Waals surface area contributed by atoms with E-state index in [1.165, 1.54) is 6.42 Å². The molecule has 2 rings (SSSR count). The molecule has 0 bridgehead atoms. The van der Waals surface area contributed by atoms with Crippen molar-refractivity contribution in [2.75, 3.05) is 18.9 Å². The fraction of sp³-hybridized carbons (Fsp3) is 0.625. The second kappa shape index (κ2) is 7.98. The van der Waals surface area contributed by atoms with Crippen LogP contribution in [0.15, 0.2) is 18.3 Å². The SMILES string of the molecule is CNC(=O)c1cccnc1NCCCC1CCCCC1O. The molecule has 1 saturated carbocycles. The summed E-state index contributed by atoms with van der Waals surface area (Å²) in [4.78, 5) is 16.0. The molecule has 5 heteroatoms. The summed E-state index contributed by atoms with van der Waals surface area (Å²) in [5.74, 6) is 0.928. The fourth-order valence-electron chi connectivity index (χ4n) is 2.96. The highest BCUT2D eigenvalue weighted by Gasteiger charge is 2.22. The summed E-state index contributed by atoms with van der Waals surface area (Å²) < 4.78 is 0. The van der Waals surface area contributed by atoms with Crippen molar-refractivity contribution in [3.05, 3.63) is 23.9 Å². The smallest absolute Gasteiger partial charge is 0.254 e. The molecule has 5 nitrogen and oxygen atoms in total. The molecule has 3 N–H and O–H groups in total. The van der Waals surface area contributed by atoms with Crippen LogP contribution in [0.3, 0.4) is 0 Å². The molecule has 21 heavy (non-hydrogen) atoms. The average molecular weight is 291 g/mol. The molecule has 0 aliphatic heterocycles. The van der Waals surface area contributed by atoms with Gasteiger partial charge in [-0.25, -0.2) is 4.98 Å². The van der Waals surface area contributed by atoms with Gasteiger partial charge in [-0.05, 0) is 43.7 Å². The van der Waals surface area contributed by atoms with E-state index >= 15 is 0 Å². The van der Waals surface area contributed by atoms with Gasteiger partial charge >= 0.3 is 0 Å². The summed E-state index contributed by atoms with van der Waals surface area (Å²) >= 11 is 0. The van der Waals surface area contributed by atoms with Crippen LogP contribution in [0.25, 0.3) is 0 Å². The number of carbonyl (C=O) groups excluding carboxylic acids is 1. The Morgan fingerprint density at radius 2 is 2.24 bits per heavy atom. The molecule has 2 atom stereocenters. The highest BCUT2D eigenvalue weighted by Crippen LogP contribution is 2.27. The summed E-state index contributed by atoms with van der Waals surface area (Å²) in [5, 5.41) is 15.8. The lowest BCUT2D eigenvalue weighted by Crippen LogP contribution is -2.25. The predicted molar refractivity (Wildman–Crippen MR) is 83.3 cm³/mol. The Balaban J connectivity index is 1.79. The molecule has 0 saturated heterocycles. The van der Waals surface area contributed by atoms with Crippen molar-refractivity contribution in [1.29, 1.82) is 0 Å². The van der Waals surface area contributed by atoms with Crippen molar-refractivity contribution in [2.24, 2.45) is 5.92 Å². The van der Waals surface area contributed by atoms with E-state index in [9.17, 15) is 9.90 Å². The molecule has 1 aromatic rings. The molecule has 116 valence electrons. The van der Waals surface area contributed by atoms with Crippen molar-refractivity contribution < 1.29 is 9.90 Å². The van der Waals surface area contributed by atoms with Crippen molar-refractivity contribution in [1.82, 2.24) is 10.3 Å². The van der Waals surface area contributed by atoms with Gasteiger partial charge in [0.1, 0.15) is 5.82 Å². The van der Waals surface area contributed by atoms with Crippen LogP contribution < -0.4 is 10.6 Å². The van der Waals surface area contributed by atoms with Gasteiger partial charge in [-0.3, -0.25) is 4.79 Å². The minimum Gasteiger partial charge on any atom is -0.393 e. The van der Waals surface area contributed by atoms with E-state index in [4.69, 9.17) is 0 Å². The van der Waals surface area contributed by atoms with Gasteiger partial charge in [-0.2, -0.15) is 0 Å². The van der Waals surface area contributed by atoms with E-state index in [2.05, 4.69) is 15.6 Å². The molecule has 1 fully saturated rings. The highest BCUT2D eigenvalue weighted by molar-refractivity contribution is 5.98. The molecule has 0 radical (unpaired) electrons. The van der Waals surface area contributed by atoms with Crippen LogP contribution in [0.2, 0.25) is 0 Å². The average Bonchev–Trinajstić information content (AvgIpc) is 2.52. The third-order valence-electron chi connectivity index (χ3n) is 4.19. The number of nitrogens with zero attached hydrogens (tertiary/aromatic N) is 1. The Labute approximate surface area is 126 Å². The largest absolute Gasteiger partial charge is 0.393 e. The number of aliphatic hydroxyl groups is 1. The minimum atomic E-state index is -0.131. The molecule has 2 unspecified atom stereocenters. The number of anilines is 1. The van der Waals surface area contributed by atoms with E-state index in [-0.39, 0.29) is 12.0 Å². The molecule has 1 aliphatic rings. The summed E-state index contributed by atoms with van der Waals surface area (Å²) in [6.07, 6.45) is 8.01. The predicted octanol–water partition coefficient (Wildman–Crippen LogP) is 2.18. The van der Waals surface area contributed by atoms with Gasteiger partial charge in [0, 0.05) is 19.8 Å². The first kappa shape index (κ1) is 15.8. The van der Waals surface area contributed by atoms with Gasteiger partial charge in [0.05, 0.1) is 11.7 Å². The quantitative estimate of drug-likeness (QED) is 0.702. The first-order valence-corrected chi connectivity index (χ1v) is 7.81. The molecule has 0 spiro atoms. The van der Waals surface area contributed by atoms with Crippen molar-refractivity contribution in [3.63, 3.8) is 0 Å². The van der Waals surface area contributed by atoms with E-state index < -0.39 is 0 Å². The zero-order valence-corrected chi connectivity index (χ0v) is 12.6. The fourth-order valence-corrected chi connectivity index (χ4v) is 2.96. The van der Waals surface area contributed by atoms with Crippen LogP contribution in [-0.4, -0.2) is 35.7 Å². The Morgan fingerprint density at radius 3 is 3.00 bits per heavy atom. The molecular formula is C16H25N3O2. The van der Waals surface area contributed by atoms with Crippen molar-refractivity contribution in [2.45, 2.75) is 44.6 Å². The molecule has 1 aromatic heterocycles. The number of aromatic nitrogens is 1. The Bertz CT molecular complexity index is 465. The maximum absolute atomic E-state index is 11.7. The molecule has 1 heterocycles. The van der Waals surface area contributed by atoms with Crippen LogP contribution in [0.1, 0.15) is 48.9 Å². The first-order chi connectivity index (χ1) is 10.2. The lowest BCUT2D eigenvalue weighted by molar-refractivity contribution is 0.0648.